The molecule has 3 N–H and O–H groups in total. The SMILES string of the molecule is CCOc1ccc(C(=O)NCC(=O)NCCOCC(=O)O)cc1. The number of carbonyl (C=O) groups excluding carboxylic acids is 2. The van der Waals surface area contributed by atoms with Crippen molar-refractivity contribution in [3.63, 3.8) is 0 Å². The summed E-state index contributed by atoms with van der Waals surface area (Å²) in [6.07, 6.45) is 0. The van der Waals surface area contributed by atoms with Gasteiger partial charge in [0.05, 0.1) is 19.8 Å². The van der Waals surface area contributed by atoms with Crippen molar-refractivity contribution in [2.75, 3.05) is 32.9 Å². The van der Waals surface area contributed by atoms with Crippen LogP contribution in [0.2, 0.25) is 0 Å². The molecule has 0 saturated carbocycles. The molecule has 0 aliphatic heterocycles. The Hall–Kier alpha value is -2.61. The van der Waals surface area contributed by atoms with Crippen molar-refractivity contribution in [3.8, 4) is 5.75 Å². The highest BCUT2D eigenvalue weighted by Gasteiger charge is 2.08. The fraction of sp³-hybridized carbons (Fsp3) is 0.400. The van der Waals surface area contributed by atoms with Crippen LogP contribution in [0.25, 0.3) is 0 Å². The summed E-state index contributed by atoms with van der Waals surface area (Å²) in [5.74, 6) is -1.16. The maximum Gasteiger partial charge on any atom is 0.329 e. The van der Waals surface area contributed by atoms with Gasteiger partial charge in [0.2, 0.25) is 5.91 Å². The monoisotopic (exact) mass is 324 g/mol. The van der Waals surface area contributed by atoms with E-state index in [1.165, 1.54) is 0 Å². The van der Waals surface area contributed by atoms with Crippen molar-refractivity contribution in [2.45, 2.75) is 6.92 Å². The van der Waals surface area contributed by atoms with E-state index in [0.29, 0.717) is 17.9 Å². The number of hydrogen-bond donors (Lipinski definition) is 3. The van der Waals surface area contributed by atoms with Gasteiger partial charge in [0, 0.05) is 12.1 Å². The zero-order valence-electron chi connectivity index (χ0n) is 12.8. The molecule has 2 amide bonds. The molecule has 0 radical (unpaired) electrons. The lowest BCUT2D eigenvalue weighted by atomic mass is 10.2. The molecule has 126 valence electrons. The molecule has 0 aromatic heterocycles. The Morgan fingerprint density at radius 1 is 1.13 bits per heavy atom. The summed E-state index contributed by atoms with van der Waals surface area (Å²) in [5, 5.41) is 13.3. The van der Waals surface area contributed by atoms with E-state index in [4.69, 9.17) is 14.6 Å². The normalized spacial score (nSPS) is 9.96. The van der Waals surface area contributed by atoms with E-state index in [0.717, 1.165) is 0 Å². The molecule has 0 aliphatic rings. The molecule has 0 fully saturated rings. The summed E-state index contributed by atoms with van der Waals surface area (Å²) in [5.41, 5.74) is 0.422. The van der Waals surface area contributed by atoms with Crippen LogP contribution in [-0.4, -0.2) is 55.8 Å². The predicted molar refractivity (Wildman–Crippen MR) is 81.4 cm³/mol. The average molecular weight is 324 g/mol. The number of carbonyl (C=O) groups is 3. The van der Waals surface area contributed by atoms with Crippen molar-refractivity contribution < 1.29 is 29.0 Å². The third-order valence-electron chi connectivity index (χ3n) is 2.63. The molecule has 1 aromatic carbocycles. The number of benzene rings is 1. The minimum atomic E-state index is -1.07. The molecule has 0 atom stereocenters. The number of rotatable bonds is 10. The highest BCUT2D eigenvalue weighted by molar-refractivity contribution is 5.96. The van der Waals surface area contributed by atoms with E-state index in [1.807, 2.05) is 6.92 Å². The van der Waals surface area contributed by atoms with E-state index in [-0.39, 0.29) is 31.5 Å². The number of ether oxygens (including phenoxy) is 2. The summed E-state index contributed by atoms with van der Waals surface area (Å²) < 4.78 is 10.0. The molecule has 0 aliphatic carbocycles. The van der Waals surface area contributed by atoms with Crippen LogP contribution < -0.4 is 15.4 Å². The molecular weight excluding hydrogens is 304 g/mol. The lowest BCUT2D eigenvalue weighted by Gasteiger charge is -2.08. The van der Waals surface area contributed by atoms with Gasteiger partial charge in [0.1, 0.15) is 12.4 Å². The molecule has 23 heavy (non-hydrogen) atoms. The second-order valence-corrected chi connectivity index (χ2v) is 4.44. The van der Waals surface area contributed by atoms with Crippen LogP contribution in [0.4, 0.5) is 0 Å². The Morgan fingerprint density at radius 3 is 2.43 bits per heavy atom. The van der Waals surface area contributed by atoms with Crippen molar-refractivity contribution >= 4 is 17.8 Å². The molecule has 0 unspecified atom stereocenters. The van der Waals surface area contributed by atoms with Gasteiger partial charge < -0.3 is 25.2 Å². The number of nitrogens with one attached hydrogen (secondary N) is 2. The number of aliphatic carboxylic acids is 1. The summed E-state index contributed by atoms with van der Waals surface area (Å²) in [6, 6.07) is 6.58. The van der Waals surface area contributed by atoms with E-state index < -0.39 is 12.6 Å². The summed E-state index contributed by atoms with van der Waals surface area (Å²) in [7, 11) is 0. The fourth-order valence-corrected chi connectivity index (χ4v) is 1.62. The Bertz CT molecular complexity index is 529. The van der Waals surface area contributed by atoms with E-state index in [9.17, 15) is 14.4 Å². The van der Waals surface area contributed by atoms with Gasteiger partial charge in [0.25, 0.3) is 5.91 Å². The highest BCUT2D eigenvalue weighted by atomic mass is 16.5. The zero-order valence-corrected chi connectivity index (χ0v) is 12.8. The highest BCUT2D eigenvalue weighted by Crippen LogP contribution is 2.11. The van der Waals surface area contributed by atoms with E-state index in [2.05, 4.69) is 10.6 Å². The molecule has 8 nitrogen and oxygen atoms in total. The molecule has 1 aromatic rings. The first-order valence-electron chi connectivity index (χ1n) is 7.10. The third-order valence-corrected chi connectivity index (χ3v) is 2.63. The topological polar surface area (TPSA) is 114 Å². The standard InChI is InChI=1S/C15H20N2O6/c1-2-23-12-5-3-11(4-6-12)15(21)17-9-13(18)16-7-8-22-10-14(19)20/h3-6H,2,7-10H2,1H3,(H,16,18)(H,17,21)(H,19,20). The van der Waals surface area contributed by atoms with Gasteiger partial charge in [-0.2, -0.15) is 0 Å². The number of carboxylic acids is 1. The first-order valence-corrected chi connectivity index (χ1v) is 7.10. The number of carboxylic acid groups (broad SMARTS) is 1. The van der Waals surface area contributed by atoms with Crippen molar-refractivity contribution in [3.05, 3.63) is 29.8 Å². The van der Waals surface area contributed by atoms with Crippen LogP contribution in [0.5, 0.6) is 5.75 Å². The van der Waals surface area contributed by atoms with Gasteiger partial charge in [0.15, 0.2) is 0 Å². The minimum absolute atomic E-state index is 0.0882. The van der Waals surface area contributed by atoms with Crippen LogP contribution in [0.1, 0.15) is 17.3 Å². The number of amides is 2. The van der Waals surface area contributed by atoms with Gasteiger partial charge in [-0.25, -0.2) is 4.79 Å². The van der Waals surface area contributed by atoms with Crippen molar-refractivity contribution in [2.24, 2.45) is 0 Å². The zero-order chi connectivity index (χ0) is 17.1. The van der Waals surface area contributed by atoms with Crippen LogP contribution >= 0.6 is 0 Å². The van der Waals surface area contributed by atoms with Gasteiger partial charge in [-0.3, -0.25) is 9.59 Å². The smallest absolute Gasteiger partial charge is 0.329 e. The second kappa shape index (κ2) is 10.2. The molecular formula is C15H20N2O6. The summed E-state index contributed by atoms with van der Waals surface area (Å²) in [6.45, 7) is 2.08. The van der Waals surface area contributed by atoms with Gasteiger partial charge in [-0.05, 0) is 31.2 Å². The van der Waals surface area contributed by atoms with E-state index >= 15 is 0 Å². The first kappa shape index (κ1) is 18.4. The van der Waals surface area contributed by atoms with Crippen molar-refractivity contribution in [1.29, 1.82) is 0 Å². The minimum Gasteiger partial charge on any atom is -0.494 e. The summed E-state index contributed by atoms with van der Waals surface area (Å²) >= 11 is 0. The lowest BCUT2D eigenvalue weighted by molar-refractivity contribution is -0.142. The molecule has 8 heteroatoms. The Balaban J connectivity index is 2.24. The van der Waals surface area contributed by atoms with Gasteiger partial charge in [-0.1, -0.05) is 0 Å². The summed E-state index contributed by atoms with van der Waals surface area (Å²) in [4.78, 5) is 33.5. The largest absolute Gasteiger partial charge is 0.494 e. The maximum absolute atomic E-state index is 11.8. The van der Waals surface area contributed by atoms with Crippen LogP contribution in [0, 0.1) is 0 Å². The Labute approximate surface area is 133 Å². The fourth-order valence-electron chi connectivity index (χ4n) is 1.62. The predicted octanol–water partition coefficient (Wildman–Crippen LogP) is 0.0325. The average Bonchev–Trinajstić information content (AvgIpc) is 2.53. The quantitative estimate of drug-likeness (QED) is 0.523. The maximum atomic E-state index is 11.8. The Morgan fingerprint density at radius 2 is 1.83 bits per heavy atom. The molecule has 0 saturated heterocycles. The van der Waals surface area contributed by atoms with Crippen LogP contribution in [-0.2, 0) is 14.3 Å². The van der Waals surface area contributed by atoms with Crippen LogP contribution in [0.15, 0.2) is 24.3 Å². The van der Waals surface area contributed by atoms with E-state index in [1.54, 1.807) is 24.3 Å². The second-order valence-electron chi connectivity index (χ2n) is 4.44. The molecule has 0 bridgehead atoms. The van der Waals surface area contributed by atoms with Crippen LogP contribution in [0.3, 0.4) is 0 Å². The number of hydrogen-bond acceptors (Lipinski definition) is 5. The van der Waals surface area contributed by atoms with Gasteiger partial charge >= 0.3 is 5.97 Å². The molecule has 1 rings (SSSR count). The van der Waals surface area contributed by atoms with Crippen molar-refractivity contribution in [1.82, 2.24) is 10.6 Å². The van der Waals surface area contributed by atoms with Gasteiger partial charge in [-0.15, -0.1) is 0 Å². The first-order chi connectivity index (χ1) is 11.0. The third kappa shape index (κ3) is 7.82. The molecule has 0 spiro atoms. The lowest BCUT2D eigenvalue weighted by Crippen LogP contribution is -2.38. The Kier molecular flexibility index (Phi) is 8.16. The molecule has 0 heterocycles.